The van der Waals surface area contributed by atoms with Crippen molar-refractivity contribution < 1.29 is 9.84 Å². The normalized spacial score (nSPS) is 26.0. The van der Waals surface area contributed by atoms with E-state index in [1.165, 1.54) is 32.1 Å². The predicted octanol–water partition coefficient (Wildman–Crippen LogP) is 3.28. The molecule has 0 aliphatic heterocycles. The molecule has 0 amide bonds. The highest BCUT2D eigenvalue weighted by Crippen LogP contribution is 2.22. The number of unbranched alkanes of at least 4 members (excludes halogenated alkanes) is 5. The highest BCUT2D eigenvalue weighted by molar-refractivity contribution is 4.76. The Morgan fingerprint density at radius 3 is 2.47 bits per heavy atom. The number of ether oxygens (including phenoxy) is 1. The Morgan fingerprint density at radius 1 is 1.07 bits per heavy atom. The van der Waals surface area contributed by atoms with Gasteiger partial charge in [0.2, 0.25) is 0 Å². The van der Waals surface area contributed by atoms with Crippen LogP contribution in [0.1, 0.15) is 64.7 Å². The van der Waals surface area contributed by atoms with Crippen molar-refractivity contribution in [3.8, 4) is 0 Å². The summed E-state index contributed by atoms with van der Waals surface area (Å²) in [5.74, 6) is 0. The number of aliphatic hydroxyl groups excluding tert-OH is 1. The van der Waals surface area contributed by atoms with Gasteiger partial charge in [0.05, 0.1) is 12.2 Å². The van der Waals surface area contributed by atoms with E-state index >= 15 is 0 Å². The molecule has 1 fully saturated rings. The molecule has 2 nitrogen and oxygen atoms in total. The molecule has 15 heavy (non-hydrogen) atoms. The highest BCUT2D eigenvalue weighted by atomic mass is 16.5. The lowest BCUT2D eigenvalue weighted by Gasteiger charge is -2.15. The molecule has 2 unspecified atom stereocenters. The van der Waals surface area contributed by atoms with Gasteiger partial charge in [-0.15, -0.1) is 0 Å². The second-order valence-corrected chi connectivity index (χ2v) is 4.68. The van der Waals surface area contributed by atoms with Gasteiger partial charge in [0.15, 0.2) is 0 Å². The summed E-state index contributed by atoms with van der Waals surface area (Å²) in [6.07, 6.45) is 10.9. The summed E-state index contributed by atoms with van der Waals surface area (Å²) in [6.45, 7) is 3.08. The van der Waals surface area contributed by atoms with Gasteiger partial charge in [0.25, 0.3) is 0 Å². The zero-order valence-electron chi connectivity index (χ0n) is 10.1. The van der Waals surface area contributed by atoms with E-state index in [0.717, 1.165) is 32.3 Å². The van der Waals surface area contributed by atoms with E-state index in [-0.39, 0.29) is 12.2 Å². The minimum Gasteiger partial charge on any atom is -0.390 e. The van der Waals surface area contributed by atoms with Gasteiger partial charge in [-0.2, -0.15) is 0 Å². The Bertz CT molecular complexity index is 147. The molecule has 0 aromatic carbocycles. The molecule has 0 radical (unpaired) electrons. The molecular weight excluding hydrogens is 188 g/mol. The van der Waals surface area contributed by atoms with Crippen LogP contribution in [-0.2, 0) is 4.74 Å². The first-order chi connectivity index (χ1) is 7.34. The molecule has 0 bridgehead atoms. The van der Waals surface area contributed by atoms with Crippen LogP contribution in [-0.4, -0.2) is 23.9 Å². The first-order valence-corrected chi connectivity index (χ1v) is 6.64. The van der Waals surface area contributed by atoms with Crippen LogP contribution < -0.4 is 0 Å². The maximum atomic E-state index is 9.54. The van der Waals surface area contributed by atoms with Crippen LogP contribution in [0, 0.1) is 0 Å². The smallest absolute Gasteiger partial charge is 0.0833 e. The van der Waals surface area contributed by atoms with E-state index in [1.807, 2.05) is 0 Å². The molecule has 0 heterocycles. The van der Waals surface area contributed by atoms with Crippen molar-refractivity contribution in [2.45, 2.75) is 76.9 Å². The van der Waals surface area contributed by atoms with Gasteiger partial charge < -0.3 is 9.84 Å². The predicted molar refractivity (Wildman–Crippen MR) is 63.0 cm³/mol. The molecule has 1 saturated carbocycles. The number of hydrogen-bond acceptors (Lipinski definition) is 2. The summed E-state index contributed by atoms with van der Waals surface area (Å²) in [6, 6.07) is 0. The van der Waals surface area contributed by atoms with Crippen LogP contribution in [0.3, 0.4) is 0 Å². The van der Waals surface area contributed by atoms with Crippen molar-refractivity contribution in [1.29, 1.82) is 0 Å². The summed E-state index contributed by atoms with van der Waals surface area (Å²) >= 11 is 0. The van der Waals surface area contributed by atoms with Gasteiger partial charge in [-0.05, 0) is 25.7 Å². The van der Waals surface area contributed by atoms with E-state index in [1.54, 1.807) is 0 Å². The Hall–Kier alpha value is -0.0800. The minimum absolute atomic E-state index is 0.139. The fraction of sp³-hybridized carbons (Fsp3) is 1.00. The van der Waals surface area contributed by atoms with Crippen LogP contribution in [0.4, 0.5) is 0 Å². The van der Waals surface area contributed by atoms with Gasteiger partial charge in [0, 0.05) is 6.61 Å². The lowest BCUT2D eigenvalue weighted by Crippen LogP contribution is -2.23. The van der Waals surface area contributed by atoms with Gasteiger partial charge in [-0.3, -0.25) is 0 Å². The summed E-state index contributed by atoms with van der Waals surface area (Å²) in [5, 5.41) is 9.54. The third kappa shape index (κ3) is 5.53. The monoisotopic (exact) mass is 214 g/mol. The standard InChI is InChI=1S/C13H26O2/c1-2-3-4-5-6-7-11-15-13-10-8-9-12(13)14/h12-14H,2-11H2,1H3. The molecule has 0 aromatic rings. The summed E-state index contributed by atoms with van der Waals surface area (Å²) in [7, 11) is 0. The zero-order chi connectivity index (χ0) is 10.9. The van der Waals surface area contributed by atoms with Crippen LogP contribution in [0.15, 0.2) is 0 Å². The fourth-order valence-corrected chi connectivity index (χ4v) is 2.22. The third-order valence-corrected chi connectivity index (χ3v) is 3.25. The van der Waals surface area contributed by atoms with Gasteiger partial charge >= 0.3 is 0 Å². The maximum Gasteiger partial charge on any atom is 0.0833 e. The van der Waals surface area contributed by atoms with Gasteiger partial charge in [-0.25, -0.2) is 0 Å². The van der Waals surface area contributed by atoms with Crippen molar-refractivity contribution in [2.24, 2.45) is 0 Å². The lowest BCUT2D eigenvalue weighted by atomic mass is 10.1. The van der Waals surface area contributed by atoms with E-state index in [9.17, 15) is 5.11 Å². The van der Waals surface area contributed by atoms with Crippen molar-refractivity contribution >= 4 is 0 Å². The van der Waals surface area contributed by atoms with Crippen LogP contribution in [0.2, 0.25) is 0 Å². The van der Waals surface area contributed by atoms with Crippen LogP contribution in [0.25, 0.3) is 0 Å². The number of hydrogen-bond donors (Lipinski definition) is 1. The van der Waals surface area contributed by atoms with Crippen molar-refractivity contribution in [1.82, 2.24) is 0 Å². The molecule has 1 N–H and O–H groups in total. The number of rotatable bonds is 8. The molecule has 2 atom stereocenters. The zero-order valence-corrected chi connectivity index (χ0v) is 10.1. The van der Waals surface area contributed by atoms with E-state index in [2.05, 4.69) is 6.92 Å². The average Bonchev–Trinajstić information content (AvgIpc) is 2.63. The van der Waals surface area contributed by atoms with E-state index in [4.69, 9.17) is 4.74 Å². The Kier molecular flexibility index (Phi) is 7.03. The van der Waals surface area contributed by atoms with Crippen molar-refractivity contribution in [3.05, 3.63) is 0 Å². The first-order valence-electron chi connectivity index (χ1n) is 6.64. The highest BCUT2D eigenvalue weighted by Gasteiger charge is 2.25. The molecule has 1 rings (SSSR count). The van der Waals surface area contributed by atoms with Crippen molar-refractivity contribution in [3.63, 3.8) is 0 Å². The van der Waals surface area contributed by atoms with Crippen LogP contribution >= 0.6 is 0 Å². The minimum atomic E-state index is -0.190. The SMILES string of the molecule is CCCCCCCCOC1CCCC1O. The second kappa shape index (κ2) is 8.12. The topological polar surface area (TPSA) is 29.5 Å². The van der Waals surface area contributed by atoms with Crippen molar-refractivity contribution in [2.75, 3.05) is 6.61 Å². The molecule has 1 aliphatic rings. The quantitative estimate of drug-likeness (QED) is 0.628. The average molecular weight is 214 g/mol. The largest absolute Gasteiger partial charge is 0.390 e. The lowest BCUT2D eigenvalue weighted by molar-refractivity contribution is -0.0197. The Labute approximate surface area is 94.0 Å². The second-order valence-electron chi connectivity index (χ2n) is 4.68. The summed E-state index contributed by atoms with van der Waals surface area (Å²) in [5.41, 5.74) is 0. The molecular formula is C13H26O2. The molecule has 0 saturated heterocycles. The van der Waals surface area contributed by atoms with Gasteiger partial charge in [0.1, 0.15) is 0 Å². The first kappa shape index (κ1) is 13.0. The van der Waals surface area contributed by atoms with Gasteiger partial charge in [-0.1, -0.05) is 39.0 Å². The molecule has 0 spiro atoms. The summed E-state index contributed by atoms with van der Waals surface area (Å²) < 4.78 is 5.67. The fourth-order valence-electron chi connectivity index (χ4n) is 2.22. The maximum absolute atomic E-state index is 9.54. The summed E-state index contributed by atoms with van der Waals surface area (Å²) in [4.78, 5) is 0. The molecule has 0 aromatic heterocycles. The van der Waals surface area contributed by atoms with E-state index in [0.29, 0.717) is 0 Å². The Balaban J connectivity index is 1.84. The Morgan fingerprint density at radius 2 is 1.80 bits per heavy atom. The molecule has 90 valence electrons. The van der Waals surface area contributed by atoms with Crippen LogP contribution in [0.5, 0.6) is 0 Å². The third-order valence-electron chi connectivity index (χ3n) is 3.25. The molecule has 1 aliphatic carbocycles. The number of aliphatic hydroxyl groups is 1. The van der Waals surface area contributed by atoms with E-state index < -0.39 is 0 Å². The molecule has 2 heteroatoms.